The Morgan fingerprint density at radius 1 is 1.69 bits per heavy atom. The molecule has 1 aromatic heterocycles. The predicted molar refractivity (Wildman–Crippen MR) is 43.6 cm³/mol. The number of rotatable bonds is 5. The number of hydrogen-bond acceptors (Lipinski definition) is 4. The van der Waals surface area contributed by atoms with Gasteiger partial charge in [-0.3, -0.25) is 0 Å². The number of carboxylic acids is 1. The van der Waals surface area contributed by atoms with E-state index in [-0.39, 0.29) is 13.2 Å². The van der Waals surface area contributed by atoms with Gasteiger partial charge >= 0.3 is 5.97 Å². The summed E-state index contributed by atoms with van der Waals surface area (Å²) in [6.45, 7) is -0.0476. The highest BCUT2D eigenvalue weighted by Gasteiger charge is 2.04. The lowest BCUT2D eigenvalue weighted by molar-refractivity contribution is -0.142. The third kappa shape index (κ3) is 3.39. The highest BCUT2D eigenvalue weighted by atomic mass is 35.5. The zero-order chi connectivity index (χ0) is 9.68. The van der Waals surface area contributed by atoms with Gasteiger partial charge in [-0.25, -0.2) is 9.89 Å². The van der Waals surface area contributed by atoms with E-state index in [1.807, 2.05) is 0 Å². The summed E-state index contributed by atoms with van der Waals surface area (Å²) < 4.78 is 4.78. The van der Waals surface area contributed by atoms with Crippen LogP contribution in [0.5, 0.6) is 0 Å². The van der Waals surface area contributed by atoms with Crippen LogP contribution in [0.25, 0.3) is 0 Å². The molecule has 0 unspecified atom stereocenters. The van der Waals surface area contributed by atoms with E-state index in [1.54, 1.807) is 0 Å². The van der Waals surface area contributed by atoms with Gasteiger partial charge in [-0.05, 0) is 0 Å². The highest BCUT2D eigenvalue weighted by molar-refractivity contribution is 6.29. The van der Waals surface area contributed by atoms with Crippen LogP contribution >= 0.6 is 11.6 Å². The summed E-state index contributed by atoms with van der Waals surface area (Å²) in [5.41, 5.74) is 0.576. The monoisotopic (exact) mass is 205 g/mol. The summed E-state index contributed by atoms with van der Waals surface area (Å²) in [5.74, 6) is -0.994. The van der Waals surface area contributed by atoms with Crippen molar-refractivity contribution in [2.45, 2.75) is 6.42 Å². The van der Waals surface area contributed by atoms with E-state index in [1.165, 1.54) is 0 Å². The fourth-order valence-corrected chi connectivity index (χ4v) is 0.896. The highest BCUT2D eigenvalue weighted by Crippen LogP contribution is 2.07. The summed E-state index contributed by atoms with van der Waals surface area (Å²) in [4.78, 5) is 10.0. The number of aliphatic carboxylic acids is 1. The molecule has 0 spiro atoms. The maximum absolute atomic E-state index is 10.0. The van der Waals surface area contributed by atoms with Crippen molar-refractivity contribution in [3.63, 3.8) is 0 Å². The number of aromatic nitrogens is 3. The van der Waals surface area contributed by atoms with Gasteiger partial charge in [0.05, 0.1) is 6.61 Å². The molecule has 0 saturated heterocycles. The zero-order valence-corrected chi connectivity index (χ0v) is 7.41. The maximum Gasteiger partial charge on any atom is 0.329 e. The minimum atomic E-state index is -0.994. The van der Waals surface area contributed by atoms with Gasteiger partial charge in [0, 0.05) is 6.42 Å². The molecule has 6 nitrogen and oxygen atoms in total. The molecule has 1 rings (SSSR count). The van der Waals surface area contributed by atoms with E-state index in [9.17, 15) is 4.79 Å². The molecule has 13 heavy (non-hydrogen) atoms. The number of ether oxygens (including phenoxy) is 1. The van der Waals surface area contributed by atoms with Gasteiger partial charge < -0.3 is 9.84 Å². The van der Waals surface area contributed by atoms with E-state index in [4.69, 9.17) is 21.4 Å². The van der Waals surface area contributed by atoms with Crippen molar-refractivity contribution in [3.8, 4) is 0 Å². The van der Waals surface area contributed by atoms with E-state index >= 15 is 0 Å². The number of hydrogen-bond donors (Lipinski definition) is 2. The summed E-state index contributed by atoms with van der Waals surface area (Å²) >= 11 is 5.63. The predicted octanol–water partition coefficient (Wildman–Crippen LogP) is 0.102. The minimum absolute atomic E-state index is 0.262. The first-order chi connectivity index (χ1) is 6.20. The standard InChI is InChI=1S/C6H8ClN3O3/c7-6-4(8-10-9-6)1-2-13-3-5(11)12/h1-3H2,(H,11,12)(H,8,9,10). The number of H-pyrrole nitrogens is 1. The van der Waals surface area contributed by atoms with E-state index in [2.05, 4.69) is 15.4 Å². The third-order valence-electron chi connectivity index (χ3n) is 1.28. The Kier molecular flexibility index (Phi) is 3.66. The average Bonchev–Trinajstić information content (AvgIpc) is 2.45. The first-order valence-corrected chi connectivity index (χ1v) is 3.93. The van der Waals surface area contributed by atoms with Crippen molar-refractivity contribution >= 4 is 17.6 Å². The number of nitrogens with one attached hydrogen (secondary N) is 1. The van der Waals surface area contributed by atoms with Crippen molar-refractivity contribution in [1.29, 1.82) is 0 Å². The summed E-state index contributed by atoms with van der Waals surface area (Å²) in [6, 6.07) is 0. The van der Waals surface area contributed by atoms with Crippen LogP contribution in [0.3, 0.4) is 0 Å². The number of nitrogens with zero attached hydrogens (tertiary/aromatic N) is 2. The molecule has 0 fully saturated rings. The largest absolute Gasteiger partial charge is 0.480 e. The Labute approximate surface area is 78.8 Å². The lowest BCUT2D eigenvalue weighted by Gasteiger charge is -1.97. The smallest absolute Gasteiger partial charge is 0.329 e. The van der Waals surface area contributed by atoms with Crippen molar-refractivity contribution in [3.05, 3.63) is 10.8 Å². The third-order valence-corrected chi connectivity index (χ3v) is 1.58. The van der Waals surface area contributed by atoms with Crippen molar-refractivity contribution in [1.82, 2.24) is 15.4 Å². The average molecular weight is 206 g/mol. The number of carbonyl (C=O) groups is 1. The van der Waals surface area contributed by atoms with Crippen LogP contribution in [0.4, 0.5) is 0 Å². The normalized spacial score (nSPS) is 10.2. The lowest BCUT2D eigenvalue weighted by atomic mass is 10.3. The number of aromatic amines is 1. The molecule has 0 aliphatic heterocycles. The lowest BCUT2D eigenvalue weighted by Crippen LogP contribution is -2.09. The molecular weight excluding hydrogens is 198 g/mol. The molecular formula is C6H8ClN3O3. The fourth-order valence-electron chi connectivity index (χ4n) is 0.726. The molecule has 7 heteroatoms. The van der Waals surface area contributed by atoms with E-state index in [0.717, 1.165) is 0 Å². The zero-order valence-electron chi connectivity index (χ0n) is 6.66. The van der Waals surface area contributed by atoms with Crippen molar-refractivity contribution in [2.75, 3.05) is 13.2 Å². The van der Waals surface area contributed by atoms with Crippen LogP contribution in [0.15, 0.2) is 0 Å². The number of carboxylic acid groups (broad SMARTS) is 1. The molecule has 0 atom stereocenters. The van der Waals surface area contributed by atoms with Crippen LogP contribution in [-0.4, -0.2) is 39.7 Å². The van der Waals surface area contributed by atoms with Crippen molar-refractivity contribution in [2.24, 2.45) is 0 Å². The van der Waals surface area contributed by atoms with Crippen LogP contribution in [0.1, 0.15) is 5.69 Å². The number of halogens is 1. The van der Waals surface area contributed by atoms with E-state index in [0.29, 0.717) is 17.3 Å². The maximum atomic E-state index is 10.0. The molecule has 72 valence electrons. The molecule has 0 aromatic carbocycles. The van der Waals surface area contributed by atoms with Crippen LogP contribution in [-0.2, 0) is 16.0 Å². The Morgan fingerprint density at radius 3 is 3.00 bits per heavy atom. The quantitative estimate of drug-likeness (QED) is 0.666. The molecule has 1 heterocycles. The summed E-state index contributed by atoms with van der Waals surface area (Å²) in [7, 11) is 0. The molecule has 0 bridgehead atoms. The first kappa shape index (κ1) is 9.94. The van der Waals surface area contributed by atoms with Gasteiger partial charge in [-0.2, -0.15) is 0 Å². The minimum Gasteiger partial charge on any atom is -0.480 e. The van der Waals surface area contributed by atoms with Gasteiger partial charge in [0.15, 0.2) is 0 Å². The second kappa shape index (κ2) is 4.78. The SMILES string of the molecule is O=C(O)COCCc1nn[nH]c1Cl. The second-order valence-corrected chi connectivity index (χ2v) is 2.65. The van der Waals surface area contributed by atoms with Crippen LogP contribution < -0.4 is 0 Å². The van der Waals surface area contributed by atoms with Gasteiger partial charge in [-0.15, -0.1) is 5.10 Å². The molecule has 1 aromatic rings. The van der Waals surface area contributed by atoms with Gasteiger partial charge in [-0.1, -0.05) is 16.8 Å². The van der Waals surface area contributed by atoms with Crippen LogP contribution in [0.2, 0.25) is 5.15 Å². The summed E-state index contributed by atoms with van der Waals surface area (Å²) in [5, 5.41) is 18.2. The summed E-state index contributed by atoms with van der Waals surface area (Å²) in [6.07, 6.45) is 0.447. The van der Waals surface area contributed by atoms with Gasteiger partial charge in [0.1, 0.15) is 17.5 Å². The first-order valence-electron chi connectivity index (χ1n) is 3.55. The second-order valence-electron chi connectivity index (χ2n) is 2.27. The Morgan fingerprint density at radius 2 is 2.46 bits per heavy atom. The van der Waals surface area contributed by atoms with Crippen molar-refractivity contribution < 1.29 is 14.6 Å². The molecule has 0 amide bonds. The Balaban J connectivity index is 2.20. The fraction of sp³-hybridized carbons (Fsp3) is 0.500. The van der Waals surface area contributed by atoms with E-state index < -0.39 is 5.97 Å². The molecule has 0 aliphatic rings. The molecule has 0 radical (unpaired) electrons. The molecule has 2 N–H and O–H groups in total. The Hall–Kier alpha value is -1.14. The Bertz CT molecular complexity index is 288. The molecule has 0 aliphatic carbocycles. The van der Waals surface area contributed by atoms with Gasteiger partial charge in [0.2, 0.25) is 0 Å². The van der Waals surface area contributed by atoms with Gasteiger partial charge in [0.25, 0.3) is 0 Å². The molecule has 0 saturated carbocycles. The topological polar surface area (TPSA) is 88.1 Å². The van der Waals surface area contributed by atoms with Crippen LogP contribution in [0, 0.1) is 0 Å².